The fourth-order valence-corrected chi connectivity index (χ4v) is 4.21. The smallest absolute Gasteiger partial charge is 0.294 e. The van der Waals surface area contributed by atoms with Crippen molar-refractivity contribution in [2.45, 2.75) is 44.6 Å². The Morgan fingerprint density at radius 2 is 2.07 bits per heavy atom. The van der Waals surface area contributed by atoms with Crippen LogP contribution in [0.1, 0.15) is 36.9 Å². The van der Waals surface area contributed by atoms with E-state index in [4.69, 9.17) is 15.7 Å². The van der Waals surface area contributed by atoms with E-state index in [1.165, 1.54) is 24.1 Å². The van der Waals surface area contributed by atoms with E-state index in [1.54, 1.807) is 6.07 Å². The molecular weight excluding hydrogens is 370 g/mol. The highest BCUT2D eigenvalue weighted by molar-refractivity contribution is 5.68. The van der Waals surface area contributed by atoms with Crippen molar-refractivity contribution in [2.75, 3.05) is 36.1 Å². The molecule has 1 aromatic heterocycles. The van der Waals surface area contributed by atoms with E-state index in [2.05, 4.69) is 15.5 Å². The molecule has 1 saturated heterocycles. The quantitative estimate of drug-likeness (QED) is 0.400. The Morgan fingerprint density at radius 3 is 2.86 bits per heavy atom. The lowest BCUT2D eigenvalue weighted by atomic mass is 9.95. The zero-order valence-corrected chi connectivity index (χ0v) is 16.6. The van der Waals surface area contributed by atoms with Crippen molar-refractivity contribution in [2.24, 2.45) is 0 Å². The van der Waals surface area contributed by atoms with Crippen LogP contribution >= 0.6 is 0 Å². The highest BCUT2D eigenvalue weighted by Crippen LogP contribution is 2.32. The van der Waals surface area contributed by atoms with Crippen molar-refractivity contribution in [3.63, 3.8) is 0 Å². The number of nitro benzene ring substituents is 1. The second kappa shape index (κ2) is 8.20. The third-order valence-electron chi connectivity index (χ3n) is 5.77. The van der Waals surface area contributed by atoms with Crippen molar-refractivity contribution < 1.29 is 4.92 Å². The van der Waals surface area contributed by atoms with Crippen molar-refractivity contribution in [3.8, 4) is 0 Å². The van der Waals surface area contributed by atoms with Gasteiger partial charge in [0.25, 0.3) is 5.69 Å². The molecular formula is C20H27N7O2. The molecule has 154 valence electrons. The molecule has 1 aromatic carbocycles. The van der Waals surface area contributed by atoms with Crippen LogP contribution in [0.25, 0.3) is 0 Å². The summed E-state index contributed by atoms with van der Waals surface area (Å²) >= 11 is 0. The zero-order chi connectivity index (χ0) is 20.4. The Morgan fingerprint density at radius 1 is 1.24 bits per heavy atom. The van der Waals surface area contributed by atoms with Crippen molar-refractivity contribution in [3.05, 3.63) is 39.6 Å². The number of nitro groups is 1. The van der Waals surface area contributed by atoms with Crippen LogP contribution in [0, 0.1) is 10.1 Å². The van der Waals surface area contributed by atoms with Crippen LogP contribution in [0.3, 0.4) is 0 Å². The van der Waals surface area contributed by atoms with Gasteiger partial charge in [-0.15, -0.1) is 0 Å². The van der Waals surface area contributed by atoms with E-state index < -0.39 is 4.92 Å². The Bertz CT molecular complexity index is 918. The summed E-state index contributed by atoms with van der Waals surface area (Å²) in [6, 6.07) is 5.12. The second-order valence-corrected chi connectivity index (χ2v) is 7.73. The molecule has 0 amide bonds. The van der Waals surface area contributed by atoms with Gasteiger partial charge < -0.3 is 21.3 Å². The van der Waals surface area contributed by atoms with Gasteiger partial charge in [-0.05, 0) is 57.7 Å². The summed E-state index contributed by atoms with van der Waals surface area (Å²) in [4.78, 5) is 22.6. The molecule has 1 unspecified atom stereocenters. The Kier molecular flexibility index (Phi) is 5.48. The van der Waals surface area contributed by atoms with Gasteiger partial charge in [0, 0.05) is 36.4 Å². The molecule has 9 heteroatoms. The number of aromatic nitrogens is 2. The van der Waals surface area contributed by atoms with Crippen LogP contribution in [-0.2, 0) is 12.8 Å². The molecule has 1 aliphatic heterocycles. The van der Waals surface area contributed by atoms with E-state index in [1.807, 2.05) is 7.05 Å². The van der Waals surface area contributed by atoms with Gasteiger partial charge >= 0.3 is 0 Å². The van der Waals surface area contributed by atoms with Crippen LogP contribution in [0.15, 0.2) is 18.2 Å². The normalized spacial score (nSPS) is 18.9. The number of anilines is 4. The SMILES string of the molecule is CNC1CCCN(c2nc(Nc3ccc(N)c([N+](=O)[O-])c3)nc3c2CCCC3)C1. The van der Waals surface area contributed by atoms with Gasteiger partial charge in [0.1, 0.15) is 11.5 Å². The predicted octanol–water partition coefficient (Wildman–Crippen LogP) is 2.78. The van der Waals surface area contributed by atoms with Gasteiger partial charge in [-0.25, -0.2) is 4.98 Å². The standard InChI is InChI=1S/C20H27N7O2/c1-22-14-5-4-10-26(12-14)19-15-6-2-3-7-17(15)24-20(25-19)23-13-8-9-16(21)18(11-13)27(28)29/h8-9,11,14,22H,2-7,10,12,21H2,1H3,(H,23,24,25). The lowest BCUT2D eigenvalue weighted by Gasteiger charge is -2.35. The van der Waals surface area contributed by atoms with Crippen LogP contribution in [0.4, 0.5) is 28.8 Å². The Labute approximate surface area is 169 Å². The molecule has 1 aliphatic carbocycles. The lowest BCUT2D eigenvalue weighted by Crippen LogP contribution is -2.45. The number of nitrogens with two attached hydrogens (primary N) is 1. The summed E-state index contributed by atoms with van der Waals surface area (Å²) in [5.74, 6) is 1.48. The Balaban J connectivity index is 1.68. The summed E-state index contributed by atoms with van der Waals surface area (Å²) in [6.07, 6.45) is 6.50. The van der Waals surface area contributed by atoms with Crippen molar-refractivity contribution in [1.82, 2.24) is 15.3 Å². The van der Waals surface area contributed by atoms with Gasteiger partial charge in [-0.2, -0.15) is 4.98 Å². The molecule has 4 rings (SSSR count). The van der Waals surface area contributed by atoms with E-state index >= 15 is 0 Å². The average Bonchev–Trinajstić information content (AvgIpc) is 2.74. The second-order valence-electron chi connectivity index (χ2n) is 7.73. The Hall–Kier alpha value is -2.94. The van der Waals surface area contributed by atoms with Crippen LogP contribution < -0.4 is 21.3 Å². The fraction of sp³-hybridized carbons (Fsp3) is 0.500. The van der Waals surface area contributed by atoms with E-state index in [-0.39, 0.29) is 11.4 Å². The van der Waals surface area contributed by atoms with Crippen molar-refractivity contribution >= 4 is 28.8 Å². The molecule has 29 heavy (non-hydrogen) atoms. The molecule has 0 radical (unpaired) electrons. The van der Waals surface area contributed by atoms with Gasteiger partial charge in [0.15, 0.2) is 0 Å². The largest absolute Gasteiger partial charge is 0.393 e. The molecule has 0 bridgehead atoms. The predicted molar refractivity (Wildman–Crippen MR) is 114 cm³/mol. The van der Waals surface area contributed by atoms with Gasteiger partial charge in [-0.3, -0.25) is 10.1 Å². The van der Waals surface area contributed by atoms with Crippen LogP contribution in [-0.4, -0.2) is 41.1 Å². The van der Waals surface area contributed by atoms with Crippen molar-refractivity contribution in [1.29, 1.82) is 0 Å². The molecule has 9 nitrogen and oxygen atoms in total. The van der Waals surface area contributed by atoms with Crippen LogP contribution in [0.2, 0.25) is 0 Å². The number of fused-ring (bicyclic) bond motifs is 1. The number of rotatable bonds is 5. The zero-order valence-electron chi connectivity index (χ0n) is 16.6. The van der Waals surface area contributed by atoms with Crippen LogP contribution in [0.5, 0.6) is 0 Å². The molecule has 2 aliphatic rings. The minimum absolute atomic E-state index is 0.124. The molecule has 0 saturated carbocycles. The monoisotopic (exact) mass is 397 g/mol. The molecule has 2 aromatic rings. The summed E-state index contributed by atoms with van der Waals surface area (Å²) < 4.78 is 0. The maximum atomic E-state index is 11.2. The lowest BCUT2D eigenvalue weighted by molar-refractivity contribution is -0.383. The highest BCUT2D eigenvalue weighted by atomic mass is 16.6. The first-order valence-corrected chi connectivity index (χ1v) is 10.2. The summed E-state index contributed by atoms with van der Waals surface area (Å²) in [6.45, 7) is 1.90. The first-order valence-electron chi connectivity index (χ1n) is 10.2. The van der Waals surface area contributed by atoms with Gasteiger partial charge in [-0.1, -0.05) is 0 Å². The number of hydrogen-bond acceptors (Lipinski definition) is 8. The number of aryl methyl sites for hydroxylation is 1. The number of hydrogen-bond donors (Lipinski definition) is 3. The first kappa shape index (κ1) is 19.4. The highest BCUT2D eigenvalue weighted by Gasteiger charge is 2.26. The van der Waals surface area contributed by atoms with E-state index in [0.717, 1.165) is 56.7 Å². The molecule has 1 fully saturated rings. The average molecular weight is 397 g/mol. The third kappa shape index (κ3) is 4.09. The molecule has 4 N–H and O–H groups in total. The molecule has 0 spiro atoms. The number of nitrogens with zero attached hydrogens (tertiary/aromatic N) is 4. The first-order chi connectivity index (χ1) is 14.0. The van der Waals surface area contributed by atoms with Gasteiger partial charge in [0.05, 0.1) is 10.6 Å². The summed E-state index contributed by atoms with van der Waals surface area (Å²) in [7, 11) is 2.00. The third-order valence-corrected chi connectivity index (χ3v) is 5.77. The summed E-state index contributed by atoms with van der Waals surface area (Å²) in [5.41, 5.74) is 8.61. The maximum Gasteiger partial charge on any atom is 0.294 e. The number of likely N-dealkylation sites (N-methyl/N-ethyl adjacent to an activating group) is 1. The summed E-state index contributed by atoms with van der Waals surface area (Å²) in [5, 5.41) is 17.7. The number of benzene rings is 1. The molecule has 1 atom stereocenters. The molecule has 2 heterocycles. The number of piperidine rings is 1. The van der Waals surface area contributed by atoms with E-state index in [9.17, 15) is 10.1 Å². The number of nitrogens with one attached hydrogen (secondary N) is 2. The topological polar surface area (TPSA) is 122 Å². The number of nitrogen functional groups attached to an aromatic ring is 1. The van der Waals surface area contributed by atoms with E-state index in [0.29, 0.717) is 17.7 Å². The minimum Gasteiger partial charge on any atom is -0.393 e. The minimum atomic E-state index is -0.481. The maximum absolute atomic E-state index is 11.2. The fourth-order valence-electron chi connectivity index (χ4n) is 4.21. The van der Waals surface area contributed by atoms with Gasteiger partial charge in [0.2, 0.25) is 5.95 Å².